The molecule has 122 valence electrons. The number of ether oxygens (including phenoxy) is 1. The monoisotopic (exact) mass is 306 g/mol. The van der Waals surface area contributed by atoms with Crippen molar-refractivity contribution in [3.63, 3.8) is 0 Å². The van der Waals surface area contributed by atoms with Crippen LogP contribution >= 0.6 is 0 Å². The normalized spacial score (nSPS) is 11.7. The van der Waals surface area contributed by atoms with Gasteiger partial charge in [0.05, 0.1) is 12.0 Å². The first-order valence-electron chi connectivity index (χ1n) is 7.39. The van der Waals surface area contributed by atoms with Crippen molar-refractivity contribution in [2.45, 2.75) is 52.2 Å². The average Bonchev–Trinajstić information content (AvgIpc) is 2.34. The molecule has 22 heavy (non-hydrogen) atoms. The summed E-state index contributed by atoms with van der Waals surface area (Å²) in [6.07, 6.45) is -0.168. The van der Waals surface area contributed by atoms with Crippen molar-refractivity contribution in [1.29, 1.82) is 0 Å². The summed E-state index contributed by atoms with van der Waals surface area (Å²) in [5.74, 6) is -0.0785. The highest BCUT2D eigenvalue weighted by Crippen LogP contribution is 2.09. The van der Waals surface area contributed by atoms with Crippen LogP contribution in [0.1, 0.15) is 40.2 Å². The van der Waals surface area contributed by atoms with E-state index in [2.05, 4.69) is 10.6 Å². The lowest BCUT2D eigenvalue weighted by Gasteiger charge is -2.28. The van der Waals surface area contributed by atoms with Crippen LogP contribution in [0.2, 0.25) is 0 Å². The van der Waals surface area contributed by atoms with Crippen molar-refractivity contribution >= 4 is 12.0 Å². The summed E-state index contributed by atoms with van der Waals surface area (Å²) in [6.45, 7) is 9.42. The maximum Gasteiger partial charge on any atom is 0.408 e. The van der Waals surface area contributed by atoms with E-state index in [0.29, 0.717) is 13.0 Å². The van der Waals surface area contributed by atoms with Gasteiger partial charge in [-0.1, -0.05) is 30.3 Å². The highest BCUT2D eigenvalue weighted by molar-refractivity contribution is 5.78. The van der Waals surface area contributed by atoms with Gasteiger partial charge in [-0.15, -0.1) is 0 Å². The number of alkyl carbamates (subject to hydrolysis) is 1. The molecule has 0 aromatic heterocycles. The van der Waals surface area contributed by atoms with E-state index in [0.717, 1.165) is 5.56 Å². The van der Waals surface area contributed by atoms with Crippen molar-refractivity contribution in [3.05, 3.63) is 35.9 Å². The standard InChI is InChI=1S/C17H26N2O3/c1-16(2,3)22-15(21)19-17(4,5)12-18-14(20)11-13-9-7-6-8-10-13/h6-10H,11-12H2,1-5H3,(H,18,20)(H,19,21). The Morgan fingerprint density at radius 3 is 2.18 bits per heavy atom. The predicted molar refractivity (Wildman–Crippen MR) is 86.6 cm³/mol. The third-order valence-corrected chi connectivity index (χ3v) is 2.77. The predicted octanol–water partition coefficient (Wildman–Crippen LogP) is 2.65. The molecule has 0 atom stereocenters. The molecule has 2 amide bonds. The van der Waals surface area contributed by atoms with E-state index >= 15 is 0 Å². The molecule has 1 aromatic rings. The highest BCUT2D eigenvalue weighted by Gasteiger charge is 2.25. The number of carbonyl (C=O) groups is 2. The van der Waals surface area contributed by atoms with Crippen LogP contribution in [0, 0.1) is 0 Å². The molecule has 0 fully saturated rings. The summed E-state index contributed by atoms with van der Waals surface area (Å²) < 4.78 is 5.21. The van der Waals surface area contributed by atoms with E-state index in [-0.39, 0.29) is 5.91 Å². The average molecular weight is 306 g/mol. The van der Waals surface area contributed by atoms with Gasteiger partial charge in [-0.3, -0.25) is 4.79 Å². The molecule has 0 spiro atoms. The zero-order valence-corrected chi connectivity index (χ0v) is 14.0. The van der Waals surface area contributed by atoms with Crippen LogP contribution in [0.15, 0.2) is 30.3 Å². The molecule has 0 aliphatic heterocycles. The summed E-state index contributed by atoms with van der Waals surface area (Å²) in [7, 11) is 0. The van der Waals surface area contributed by atoms with Crippen LogP contribution in [0.3, 0.4) is 0 Å². The first kappa shape index (κ1) is 18.0. The number of amides is 2. The van der Waals surface area contributed by atoms with Gasteiger partial charge >= 0.3 is 6.09 Å². The SMILES string of the molecule is CC(C)(CNC(=O)Cc1ccccc1)NC(=O)OC(C)(C)C. The maximum atomic E-state index is 11.9. The highest BCUT2D eigenvalue weighted by atomic mass is 16.6. The number of nitrogens with one attached hydrogen (secondary N) is 2. The third-order valence-electron chi connectivity index (χ3n) is 2.77. The molecule has 5 heteroatoms. The molecule has 1 aromatic carbocycles. The van der Waals surface area contributed by atoms with Crippen molar-refractivity contribution in [2.24, 2.45) is 0 Å². The largest absolute Gasteiger partial charge is 0.444 e. The van der Waals surface area contributed by atoms with Crippen LogP contribution < -0.4 is 10.6 Å². The fourth-order valence-electron chi connectivity index (χ4n) is 1.79. The smallest absolute Gasteiger partial charge is 0.408 e. The quantitative estimate of drug-likeness (QED) is 0.879. The minimum Gasteiger partial charge on any atom is -0.444 e. The van der Waals surface area contributed by atoms with E-state index in [9.17, 15) is 9.59 Å². The van der Waals surface area contributed by atoms with Gasteiger partial charge in [0, 0.05) is 6.54 Å². The lowest BCUT2D eigenvalue weighted by Crippen LogP contribution is -2.52. The molecule has 5 nitrogen and oxygen atoms in total. The molecule has 0 saturated heterocycles. The van der Waals surface area contributed by atoms with Gasteiger partial charge in [0.1, 0.15) is 5.60 Å². The fourth-order valence-corrected chi connectivity index (χ4v) is 1.79. The van der Waals surface area contributed by atoms with E-state index in [4.69, 9.17) is 4.74 Å². The molecule has 0 radical (unpaired) electrons. The van der Waals surface area contributed by atoms with Crippen molar-refractivity contribution in [3.8, 4) is 0 Å². The second-order valence-electron chi connectivity index (χ2n) is 6.95. The molecule has 0 saturated carbocycles. The van der Waals surface area contributed by atoms with Gasteiger partial charge in [-0.05, 0) is 40.2 Å². The molecule has 0 heterocycles. The Morgan fingerprint density at radius 2 is 1.64 bits per heavy atom. The van der Waals surface area contributed by atoms with Crippen LogP contribution in [-0.2, 0) is 16.0 Å². The first-order chi connectivity index (χ1) is 10.1. The van der Waals surface area contributed by atoms with Gasteiger partial charge in [-0.2, -0.15) is 0 Å². The maximum absolute atomic E-state index is 11.9. The third kappa shape index (κ3) is 7.67. The zero-order chi connectivity index (χ0) is 16.8. The van der Waals surface area contributed by atoms with Gasteiger partial charge in [0.2, 0.25) is 5.91 Å². The first-order valence-corrected chi connectivity index (χ1v) is 7.39. The molecule has 0 bridgehead atoms. The fraction of sp³-hybridized carbons (Fsp3) is 0.529. The Balaban J connectivity index is 2.41. The molecule has 0 unspecified atom stereocenters. The summed E-state index contributed by atoms with van der Waals surface area (Å²) in [5.41, 5.74) is -0.177. The minimum atomic E-state index is -0.589. The van der Waals surface area contributed by atoms with Crippen LogP contribution in [-0.4, -0.2) is 29.7 Å². The van der Waals surface area contributed by atoms with Crippen LogP contribution in [0.4, 0.5) is 4.79 Å². The molecule has 2 N–H and O–H groups in total. The molecule has 0 aliphatic rings. The summed E-state index contributed by atoms with van der Waals surface area (Å²) >= 11 is 0. The Labute approximate surface area is 132 Å². The Morgan fingerprint density at radius 1 is 1.05 bits per heavy atom. The minimum absolute atomic E-state index is 0.0785. The topological polar surface area (TPSA) is 67.4 Å². The van der Waals surface area contributed by atoms with Gasteiger partial charge < -0.3 is 15.4 Å². The molecule has 0 aliphatic carbocycles. The van der Waals surface area contributed by atoms with E-state index in [1.807, 2.05) is 44.2 Å². The molecular weight excluding hydrogens is 280 g/mol. The summed E-state index contributed by atoms with van der Waals surface area (Å²) in [6, 6.07) is 9.52. The van der Waals surface area contributed by atoms with Crippen LogP contribution in [0.25, 0.3) is 0 Å². The summed E-state index contributed by atoms with van der Waals surface area (Å²) in [4.78, 5) is 23.7. The second kappa shape index (κ2) is 7.29. The number of rotatable bonds is 5. The number of hydrogen-bond acceptors (Lipinski definition) is 3. The van der Waals surface area contributed by atoms with Gasteiger partial charge in [0.15, 0.2) is 0 Å². The second-order valence-corrected chi connectivity index (χ2v) is 6.95. The Hall–Kier alpha value is -2.04. The number of hydrogen-bond donors (Lipinski definition) is 2. The van der Waals surface area contributed by atoms with Gasteiger partial charge in [0.25, 0.3) is 0 Å². The van der Waals surface area contributed by atoms with E-state index in [1.165, 1.54) is 0 Å². The molecule has 1 rings (SSSR count). The molecular formula is C17H26N2O3. The lowest BCUT2D eigenvalue weighted by molar-refractivity contribution is -0.120. The zero-order valence-electron chi connectivity index (χ0n) is 14.0. The van der Waals surface area contributed by atoms with Crippen molar-refractivity contribution < 1.29 is 14.3 Å². The van der Waals surface area contributed by atoms with Crippen LogP contribution in [0.5, 0.6) is 0 Å². The van der Waals surface area contributed by atoms with Crippen molar-refractivity contribution in [2.75, 3.05) is 6.54 Å². The summed E-state index contributed by atoms with van der Waals surface area (Å²) in [5, 5.41) is 5.59. The number of benzene rings is 1. The van der Waals surface area contributed by atoms with Gasteiger partial charge in [-0.25, -0.2) is 4.79 Å². The number of carbonyl (C=O) groups excluding carboxylic acids is 2. The van der Waals surface area contributed by atoms with Crippen molar-refractivity contribution in [1.82, 2.24) is 10.6 Å². The Kier molecular flexibility index (Phi) is 5.97. The lowest BCUT2D eigenvalue weighted by atomic mass is 10.1. The van der Waals surface area contributed by atoms with E-state index < -0.39 is 17.2 Å². The Bertz CT molecular complexity index is 504. The van der Waals surface area contributed by atoms with E-state index in [1.54, 1.807) is 20.8 Å².